The topological polar surface area (TPSA) is 94.4 Å². The molecule has 0 aliphatic carbocycles. The summed E-state index contributed by atoms with van der Waals surface area (Å²) in [6, 6.07) is 8.74. The van der Waals surface area contributed by atoms with E-state index in [9.17, 15) is 26.4 Å². The Labute approximate surface area is 187 Å². The minimum Gasteiger partial charge on any atom is -0.480 e. The molecule has 4 rings (SSSR count). The third-order valence-electron chi connectivity index (χ3n) is 5.26. The molecule has 8 nitrogen and oxygen atoms in total. The number of rotatable bonds is 5. The largest absolute Gasteiger partial charge is 0.480 e. The van der Waals surface area contributed by atoms with Crippen molar-refractivity contribution in [3.8, 4) is 11.4 Å². The number of carbonyl (C=O) groups excluding carboxylic acids is 1. The summed E-state index contributed by atoms with van der Waals surface area (Å²) in [4.78, 5) is 18.4. The second-order valence-corrected chi connectivity index (χ2v) is 9.70. The summed E-state index contributed by atoms with van der Waals surface area (Å²) in [5.74, 6) is -0.972. The molecule has 1 amide bonds. The lowest BCUT2D eigenvalue weighted by atomic mass is 10.1. The van der Waals surface area contributed by atoms with Gasteiger partial charge >= 0.3 is 6.18 Å². The second kappa shape index (κ2) is 8.18. The number of sulfone groups is 1. The lowest BCUT2D eigenvalue weighted by Gasteiger charge is -2.22. The number of halogens is 3. The molecule has 0 spiro atoms. The van der Waals surface area contributed by atoms with Crippen LogP contribution in [0.4, 0.5) is 13.2 Å². The Morgan fingerprint density at radius 2 is 1.85 bits per heavy atom. The van der Waals surface area contributed by atoms with Gasteiger partial charge in [-0.3, -0.25) is 4.79 Å². The van der Waals surface area contributed by atoms with E-state index in [1.54, 1.807) is 4.68 Å². The van der Waals surface area contributed by atoms with E-state index in [2.05, 4.69) is 10.1 Å². The highest BCUT2D eigenvalue weighted by molar-refractivity contribution is 7.90. The van der Waals surface area contributed by atoms with Gasteiger partial charge in [-0.15, -0.1) is 0 Å². The van der Waals surface area contributed by atoms with Crippen LogP contribution in [0.5, 0.6) is 5.75 Å². The Balaban J connectivity index is 1.66. The van der Waals surface area contributed by atoms with Gasteiger partial charge in [-0.05, 0) is 48.4 Å². The molecule has 1 aliphatic rings. The average Bonchev–Trinajstić information content (AvgIpc) is 3.41. The van der Waals surface area contributed by atoms with Crippen molar-refractivity contribution in [2.24, 2.45) is 0 Å². The number of hydrogen-bond donors (Lipinski definition) is 0. The number of ether oxygens (including phenoxy) is 1. The number of amides is 1. The van der Waals surface area contributed by atoms with Gasteiger partial charge in [0.1, 0.15) is 18.4 Å². The first kappa shape index (κ1) is 22.8. The molecule has 0 N–H and O–H groups in total. The van der Waals surface area contributed by atoms with Crippen molar-refractivity contribution in [3.05, 3.63) is 65.7 Å². The third-order valence-corrected chi connectivity index (χ3v) is 6.37. The molecule has 1 aromatic heterocycles. The number of aromatic nitrogens is 3. The number of hydrogen-bond acceptors (Lipinski definition) is 6. The summed E-state index contributed by atoms with van der Waals surface area (Å²) in [6.45, 7) is 1.22. The molecule has 174 valence electrons. The molecule has 1 atom stereocenters. The van der Waals surface area contributed by atoms with Crippen molar-refractivity contribution in [1.29, 1.82) is 0 Å². The highest BCUT2D eigenvalue weighted by atomic mass is 32.2. The van der Waals surface area contributed by atoms with Gasteiger partial charge in [-0.1, -0.05) is 6.07 Å². The molecule has 3 aromatic rings. The van der Waals surface area contributed by atoms with Crippen LogP contribution >= 0.6 is 0 Å². The van der Waals surface area contributed by atoms with Crippen LogP contribution in [-0.2, 0) is 22.9 Å². The molecular weight excluding hydrogens is 461 g/mol. The van der Waals surface area contributed by atoms with Gasteiger partial charge in [0.05, 0.1) is 16.1 Å². The number of fused-ring (bicyclic) bond motifs is 1. The first-order valence-corrected chi connectivity index (χ1v) is 11.7. The van der Waals surface area contributed by atoms with E-state index in [1.165, 1.54) is 17.6 Å². The van der Waals surface area contributed by atoms with Crippen molar-refractivity contribution in [2.45, 2.75) is 37.2 Å². The molecule has 0 saturated carbocycles. The highest BCUT2D eigenvalue weighted by Gasteiger charge is 2.39. The maximum atomic E-state index is 13.3. The molecular formula is C21H19F3N4O4S. The zero-order chi connectivity index (χ0) is 24.0. The Morgan fingerprint density at radius 1 is 1.12 bits per heavy atom. The van der Waals surface area contributed by atoms with E-state index >= 15 is 0 Å². The van der Waals surface area contributed by atoms with Crippen molar-refractivity contribution < 1.29 is 31.1 Å². The molecule has 1 aliphatic heterocycles. The Bertz CT molecular complexity index is 1310. The van der Waals surface area contributed by atoms with Gasteiger partial charge in [0.2, 0.25) is 0 Å². The van der Waals surface area contributed by atoms with Crippen LogP contribution in [0.25, 0.3) is 5.69 Å². The van der Waals surface area contributed by atoms with Crippen LogP contribution in [0.15, 0.2) is 53.9 Å². The fourth-order valence-corrected chi connectivity index (χ4v) is 4.09. The summed E-state index contributed by atoms with van der Waals surface area (Å²) in [7, 11) is -3.70. The standard InChI is InChI=1S/C21H19F3N4O4S/c1-13(21(22,23)24)32-19-6-5-17(33(2,30)31)8-18(19)20(29)27-9-14-3-4-16(7-15(14)10-27)28-12-25-11-26-28/h3-8,11-13H,9-10H2,1-2H3/t13-/m0/s1. The number of alkyl halides is 3. The maximum absolute atomic E-state index is 13.3. The molecule has 0 bridgehead atoms. The summed E-state index contributed by atoms with van der Waals surface area (Å²) in [5, 5.41) is 4.07. The monoisotopic (exact) mass is 480 g/mol. The molecule has 33 heavy (non-hydrogen) atoms. The van der Waals surface area contributed by atoms with Crippen LogP contribution < -0.4 is 4.74 Å². The predicted octanol–water partition coefficient (Wildman–Crippen LogP) is 3.16. The molecule has 0 unspecified atom stereocenters. The van der Waals surface area contributed by atoms with Crippen LogP contribution in [0, 0.1) is 0 Å². The smallest absolute Gasteiger partial charge is 0.425 e. The van der Waals surface area contributed by atoms with Crippen LogP contribution in [0.1, 0.15) is 28.4 Å². The minimum atomic E-state index is -4.66. The van der Waals surface area contributed by atoms with Gasteiger partial charge < -0.3 is 9.64 Å². The summed E-state index contributed by atoms with van der Waals surface area (Å²) in [6.07, 6.45) is -2.97. The van der Waals surface area contributed by atoms with Crippen LogP contribution in [0.2, 0.25) is 0 Å². The number of nitrogens with zero attached hydrogens (tertiary/aromatic N) is 4. The van der Waals surface area contributed by atoms with Crippen molar-refractivity contribution >= 4 is 15.7 Å². The average molecular weight is 480 g/mol. The van der Waals surface area contributed by atoms with E-state index in [-0.39, 0.29) is 29.3 Å². The zero-order valence-corrected chi connectivity index (χ0v) is 18.4. The van der Waals surface area contributed by atoms with Crippen molar-refractivity contribution in [1.82, 2.24) is 19.7 Å². The fourth-order valence-electron chi connectivity index (χ4n) is 3.45. The maximum Gasteiger partial charge on any atom is 0.425 e. The molecule has 12 heteroatoms. The quantitative estimate of drug-likeness (QED) is 0.557. The number of benzene rings is 2. The number of carbonyl (C=O) groups is 1. The van der Waals surface area contributed by atoms with Gasteiger partial charge in [0.25, 0.3) is 5.91 Å². The van der Waals surface area contributed by atoms with Crippen LogP contribution in [0.3, 0.4) is 0 Å². The molecule has 2 heterocycles. The molecule has 2 aromatic carbocycles. The highest BCUT2D eigenvalue weighted by Crippen LogP contribution is 2.32. The molecule has 0 fully saturated rings. The summed E-state index contributed by atoms with van der Waals surface area (Å²) in [5.41, 5.74) is 2.18. The second-order valence-electron chi connectivity index (χ2n) is 7.69. The van der Waals surface area contributed by atoms with Gasteiger partial charge in [0, 0.05) is 19.3 Å². The Hall–Kier alpha value is -3.41. The first-order chi connectivity index (χ1) is 15.4. The normalized spacial score (nSPS) is 14.8. The minimum absolute atomic E-state index is 0.189. The SMILES string of the molecule is C[C@H](Oc1ccc(S(C)(=O)=O)cc1C(=O)N1Cc2ccc(-n3cncn3)cc2C1)C(F)(F)F. The first-order valence-electron chi connectivity index (χ1n) is 9.77. The third kappa shape index (κ3) is 4.70. The molecule has 0 saturated heterocycles. The Morgan fingerprint density at radius 3 is 2.48 bits per heavy atom. The zero-order valence-electron chi connectivity index (χ0n) is 17.6. The van der Waals surface area contributed by atoms with Gasteiger partial charge in [0.15, 0.2) is 15.9 Å². The van der Waals surface area contributed by atoms with E-state index in [1.807, 2.05) is 18.2 Å². The summed E-state index contributed by atoms with van der Waals surface area (Å²) < 4.78 is 69.7. The van der Waals surface area contributed by atoms with Crippen molar-refractivity contribution in [2.75, 3.05) is 6.26 Å². The van der Waals surface area contributed by atoms with Crippen LogP contribution in [-0.4, -0.2) is 52.5 Å². The van der Waals surface area contributed by atoms with E-state index in [0.717, 1.165) is 48.2 Å². The molecule has 0 radical (unpaired) electrons. The van der Waals surface area contributed by atoms with E-state index < -0.39 is 28.0 Å². The summed E-state index contributed by atoms with van der Waals surface area (Å²) >= 11 is 0. The lowest BCUT2D eigenvalue weighted by molar-refractivity contribution is -0.189. The fraction of sp³-hybridized carbons (Fsp3) is 0.286. The van der Waals surface area contributed by atoms with E-state index in [0.29, 0.717) is 0 Å². The lowest BCUT2D eigenvalue weighted by Crippen LogP contribution is -2.32. The van der Waals surface area contributed by atoms with Crippen molar-refractivity contribution in [3.63, 3.8) is 0 Å². The Kier molecular flexibility index (Phi) is 5.64. The van der Waals surface area contributed by atoms with Gasteiger partial charge in [-0.2, -0.15) is 18.3 Å². The van der Waals surface area contributed by atoms with E-state index in [4.69, 9.17) is 4.74 Å². The predicted molar refractivity (Wildman–Crippen MR) is 111 cm³/mol. The van der Waals surface area contributed by atoms with Gasteiger partial charge in [-0.25, -0.2) is 18.1 Å².